The minimum Gasteiger partial charge on any atom is -1.00 e. The zero-order valence-electron chi connectivity index (χ0n) is 10.4. The third kappa shape index (κ3) is 3.51. The topological polar surface area (TPSA) is 9.23 Å². The molecule has 1 aromatic carbocycles. The molecule has 1 nitrogen and oxygen atoms in total. The van der Waals surface area contributed by atoms with E-state index >= 15 is 0 Å². The van der Waals surface area contributed by atoms with Gasteiger partial charge >= 0.3 is 115 Å². The van der Waals surface area contributed by atoms with Gasteiger partial charge in [-0.1, -0.05) is 0 Å². The van der Waals surface area contributed by atoms with Crippen LogP contribution in [0.1, 0.15) is 0 Å². The van der Waals surface area contributed by atoms with Crippen molar-refractivity contribution in [2.45, 2.75) is 8.45 Å². The van der Waals surface area contributed by atoms with Gasteiger partial charge in [0.05, 0.1) is 0 Å². The summed E-state index contributed by atoms with van der Waals surface area (Å²) in [6, 6.07) is 10.2. The van der Waals surface area contributed by atoms with E-state index in [4.69, 9.17) is 3.32 Å². The van der Waals surface area contributed by atoms with Crippen LogP contribution in [0, 0.1) is 0 Å². The quantitative estimate of drug-likeness (QED) is 0.765. The van der Waals surface area contributed by atoms with Crippen LogP contribution in [0.5, 0.6) is 5.75 Å². The van der Waals surface area contributed by atoms with Gasteiger partial charge in [-0.3, -0.25) is 0 Å². The molecular formula is C16H15ClOTi. The predicted octanol–water partition coefficient (Wildman–Crippen LogP) is 1.43. The van der Waals surface area contributed by atoms with Gasteiger partial charge < -0.3 is 12.4 Å². The second-order valence-electron chi connectivity index (χ2n) is 4.41. The largest absolute Gasteiger partial charge is 1.00 e. The Balaban J connectivity index is 0.00000133. The average molecular weight is 307 g/mol. The van der Waals surface area contributed by atoms with Crippen LogP contribution < -0.4 is 15.7 Å². The van der Waals surface area contributed by atoms with Crippen molar-refractivity contribution >= 4 is 0 Å². The minimum absolute atomic E-state index is 0. The van der Waals surface area contributed by atoms with Gasteiger partial charge in [-0.2, -0.15) is 0 Å². The van der Waals surface area contributed by atoms with E-state index in [2.05, 4.69) is 60.7 Å². The molecule has 2 aliphatic rings. The molecule has 0 aliphatic heterocycles. The summed E-state index contributed by atoms with van der Waals surface area (Å²) in [4.78, 5) is 0. The van der Waals surface area contributed by atoms with Crippen LogP contribution >= 0.6 is 0 Å². The Kier molecular flexibility index (Phi) is 5.27. The Bertz CT molecular complexity index is 467. The van der Waals surface area contributed by atoms with Gasteiger partial charge in [-0.25, -0.2) is 0 Å². The second-order valence-corrected chi connectivity index (χ2v) is 8.07. The monoisotopic (exact) mass is 306 g/mol. The fourth-order valence-electron chi connectivity index (χ4n) is 2.23. The summed E-state index contributed by atoms with van der Waals surface area (Å²) in [5, 5.41) is 0. The molecule has 0 spiro atoms. The van der Waals surface area contributed by atoms with Gasteiger partial charge in [0.1, 0.15) is 0 Å². The molecule has 0 aromatic heterocycles. The summed E-state index contributed by atoms with van der Waals surface area (Å²) in [5.41, 5.74) is 0. The van der Waals surface area contributed by atoms with Crippen LogP contribution in [0.4, 0.5) is 0 Å². The molecular weight excluding hydrogens is 291 g/mol. The summed E-state index contributed by atoms with van der Waals surface area (Å²) in [6.07, 6.45) is 17.6. The summed E-state index contributed by atoms with van der Waals surface area (Å²) in [7, 11) is 0. The molecule has 0 atom stereocenters. The Morgan fingerprint density at radius 3 is 1.68 bits per heavy atom. The smallest absolute Gasteiger partial charge is 1.00 e. The zero-order valence-corrected chi connectivity index (χ0v) is 12.8. The Hall–Kier alpha value is -1.02. The van der Waals surface area contributed by atoms with Crippen molar-refractivity contribution in [3.8, 4) is 5.75 Å². The van der Waals surface area contributed by atoms with Crippen LogP contribution in [0.25, 0.3) is 0 Å². The number of hydrogen-bond donors (Lipinski definition) is 0. The zero-order chi connectivity index (χ0) is 12.2. The van der Waals surface area contributed by atoms with E-state index in [0.29, 0.717) is 8.45 Å². The normalized spacial score (nSPS) is 16.8. The molecule has 0 amide bonds. The first kappa shape index (κ1) is 14.4. The van der Waals surface area contributed by atoms with Crippen LogP contribution in [0.2, 0.25) is 8.45 Å². The number of benzene rings is 1. The van der Waals surface area contributed by atoms with Crippen LogP contribution in [0.15, 0.2) is 78.9 Å². The maximum atomic E-state index is 6.34. The van der Waals surface area contributed by atoms with Crippen molar-refractivity contribution in [2.75, 3.05) is 0 Å². The van der Waals surface area contributed by atoms with Gasteiger partial charge in [0.15, 0.2) is 0 Å². The van der Waals surface area contributed by atoms with Crippen molar-refractivity contribution in [3.05, 3.63) is 78.9 Å². The Morgan fingerprint density at radius 2 is 1.21 bits per heavy atom. The summed E-state index contributed by atoms with van der Waals surface area (Å²) in [5.74, 6) is 1.01. The molecule has 0 radical (unpaired) electrons. The maximum absolute atomic E-state index is 6.34. The van der Waals surface area contributed by atoms with Crippen LogP contribution in [-0.2, 0) is 18.3 Å². The second kappa shape index (κ2) is 6.95. The third-order valence-electron chi connectivity index (χ3n) is 3.13. The molecule has 0 saturated heterocycles. The van der Waals surface area contributed by atoms with E-state index in [1.54, 1.807) is 0 Å². The Morgan fingerprint density at radius 1 is 0.737 bits per heavy atom. The summed E-state index contributed by atoms with van der Waals surface area (Å²) in [6.45, 7) is 0. The molecule has 0 unspecified atom stereocenters. The molecule has 19 heavy (non-hydrogen) atoms. The van der Waals surface area contributed by atoms with Gasteiger partial charge in [0.25, 0.3) is 0 Å². The molecule has 3 rings (SSSR count). The number of hydrogen-bond acceptors (Lipinski definition) is 1. The van der Waals surface area contributed by atoms with E-state index < -0.39 is 18.3 Å². The van der Waals surface area contributed by atoms with Crippen molar-refractivity contribution < 1.29 is 34.0 Å². The molecule has 0 fully saturated rings. The van der Waals surface area contributed by atoms with E-state index in [-0.39, 0.29) is 12.4 Å². The standard InChI is InChI=1S/C6H6O.2C5H5.ClH.Ti/c7-6-4-2-1-3-5-6;2*1-2-4-5-3-1;;/h1-5,7H;2*1-5H;1H;/q;;;;+2/p-2. The Labute approximate surface area is 127 Å². The summed E-state index contributed by atoms with van der Waals surface area (Å²) < 4.78 is 7.38. The van der Waals surface area contributed by atoms with Gasteiger partial charge in [0, 0.05) is 0 Å². The molecule has 96 valence electrons. The van der Waals surface area contributed by atoms with Gasteiger partial charge in [-0.15, -0.1) is 0 Å². The maximum Gasteiger partial charge on any atom is -1.00 e. The molecule has 0 saturated carbocycles. The van der Waals surface area contributed by atoms with Crippen LogP contribution in [0.3, 0.4) is 0 Å². The number of rotatable bonds is 4. The molecule has 0 heterocycles. The first-order valence-corrected chi connectivity index (χ1v) is 8.67. The average Bonchev–Trinajstić information content (AvgIpc) is 3.11. The van der Waals surface area contributed by atoms with Crippen LogP contribution in [-0.4, -0.2) is 0 Å². The number of halogens is 1. The van der Waals surface area contributed by atoms with E-state index in [1.165, 1.54) is 0 Å². The van der Waals surface area contributed by atoms with Crippen molar-refractivity contribution in [1.82, 2.24) is 0 Å². The van der Waals surface area contributed by atoms with Crippen molar-refractivity contribution in [2.24, 2.45) is 0 Å². The minimum atomic E-state index is -1.72. The summed E-state index contributed by atoms with van der Waals surface area (Å²) >= 11 is -1.72. The van der Waals surface area contributed by atoms with E-state index in [0.717, 1.165) is 5.75 Å². The van der Waals surface area contributed by atoms with Crippen molar-refractivity contribution in [3.63, 3.8) is 0 Å². The van der Waals surface area contributed by atoms with Crippen molar-refractivity contribution in [1.29, 1.82) is 0 Å². The SMILES string of the molecule is C1=C[CH]([Ti+]([O]c2ccccc2)[CH]2C=CC=C2)C=C1.[Cl-]. The number of para-hydroxylation sites is 1. The van der Waals surface area contributed by atoms with E-state index in [1.807, 2.05) is 18.2 Å². The molecule has 3 heteroatoms. The molecule has 0 bridgehead atoms. The first-order valence-electron chi connectivity index (χ1n) is 6.23. The molecule has 2 aliphatic carbocycles. The van der Waals surface area contributed by atoms with E-state index in [9.17, 15) is 0 Å². The molecule has 1 aromatic rings. The number of allylic oxidation sites excluding steroid dienone is 8. The first-order chi connectivity index (χ1) is 8.93. The molecule has 0 N–H and O–H groups in total. The predicted molar refractivity (Wildman–Crippen MR) is 71.1 cm³/mol. The fraction of sp³-hybridized carbons (Fsp3) is 0.125. The van der Waals surface area contributed by atoms with Gasteiger partial charge in [-0.05, 0) is 0 Å². The third-order valence-corrected chi connectivity index (χ3v) is 7.12. The van der Waals surface area contributed by atoms with Gasteiger partial charge in [0.2, 0.25) is 0 Å². The fourth-order valence-corrected chi connectivity index (χ4v) is 5.86.